The Balaban J connectivity index is 1.95. The maximum Gasteiger partial charge on any atom is 0.291 e. The van der Waals surface area contributed by atoms with E-state index >= 15 is 0 Å². The standard InChI is InChI=1S/C15H12N2O2/c16-14-9-8-13(19-14)15(18)17-12-7-3-5-10-4-1-2-6-11(10)12/h1-9H,16H2,(H,17,18). The number of rotatable bonds is 2. The van der Waals surface area contributed by atoms with Crippen LogP contribution >= 0.6 is 0 Å². The summed E-state index contributed by atoms with van der Waals surface area (Å²) in [5, 5.41) is 4.88. The molecule has 0 aliphatic carbocycles. The summed E-state index contributed by atoms with van der Waals surface area (Å²) in [4.78, 5) is 12.0. The molecular weight excluding hydrogens is 240 g/mol. The number of furan rings is 1. The van der Waals surface area contributed by atoms with Crippen molar-refractivity contribution in [3.63, 3.8) is 0 Å². The molecule has 0 radical (unpaired) electrons. The lowest BCUT2D eigenvalue weighted by Gasteiger charge is -2.07. The Hall–Kier alpha value is -2.75. The molecule has 1 aromatic heterocycles. The lowest BCUT2D eigenvalue weighted by molar-refractivity contribution is 0.0998. The lowest BCUT2D eigenvalue weighted by atomic mass is 10.1. The first kappa shape index (κ1) is 11.3. The topological polar surface area (TPSA) is 68.3 Å². The number of carbonyl (C=O) groups is 1. The molecular formula is C15H12N2O2. The fraction of sp³-hybridized carbons (Fsp3) is 0. The van der Waals surface area contributed by atoms with E-state index in [-0.39, 0.29) is 17.6 Å². The molecule has 94 valence electrons. The van der Waals surface area contributed by atoms with Crippen molar-refractivity contribution in [3.8, 4) is 0 Å². The zero-order valence-corrected chi connectivity index (χ0v) is 10.1. The molecule has 0 atom stereocenters. The molecule has 0 bridgehead atoms. The van der Waals surface area contributed by atoms with Crippen LogP contribution in [0.15, 0.2) is 59.0 Å². The summed E-state index contributed by atoms with van der Waals surface area (Å²) in [5.41, 5.74) is 6.20. The number of hydrogen-bond donors (Lipinski definition) is 2. The van der Waals surface area contributed by atoms with Gasteiger partial charge in [0.25, 0.3) is 5.91 Å². The Morgan fingerprint density at radius 2 is 1.79 bits per heavy atom. The van der Waals surface area contributed by atoms with Crippen LogP contribution in [0.3, 0.4) is 0 Å². The van der Waals surface area contributed by atoms with Crippen LogP contribution < -0.4 is 11.1 Å². The summed E-state index contributed by atoms with van der Waals surface area (Å²) >= 11 is 0. The van der Waals surface area contributed by atoms with Crippen LogP contribution in [0, 0.1) is 0 Å². The lowest BCUT2D eigenvalue weighted by Crippen LogP contribution is -2.11. The van der Waals surface area contributed by atoms with Gasteiger partial charge in [0.1, 0.15) is 0 Å². The Morgan fingerprint density at radius 1 is 1.00 bits per heavy atom. The molecule has 3 aromatic rings. The van der Waals surface area contributed by atoms with Crippen LogP contribution in [0.25, 0.3) is 10.8 Å². The van der Waals surface area contributed by atoms with E-state index < -0.39 is 0 Å². The molecule has 19 heavy (non-hydrogen) atoms. The summed E-state index contributed by atoms with van der Waals surface area (Å²) in [7, 11) is 0. The molecule has 0 unspecified atom stereocenters. The van der Waals surface area contributed by atoms with Crippen LogP contribution in [0.5, 0.6) is 0 Å². The van der Waals surface area contributed by atoms with Crippen molar-refractivity contribution in [3.05, 3.63) is 60.4 Å². The highest BCUT2D eigenvalue weighted by molar-refractivity contribution is 6.07. The van der Waals surface area contributed by atoms with E-state index in [1.807, 2.05) is 42.5 Å². The Bertz CT molecular complexity index is 741. The van der Waals surface area contributed by atoms with Gasteiger partial charge in [0.15, 0.2) is 11.6 Å². The summed E-state index contributed by atoms with van der Waals surface area (Å²) in [6.45, 7) is 0. The zero-order valence-electron chi connectivity index (χ0n) is 10.1. The van der Waals surface area contributed by atoms with E-state index in [4.69, 9.17) is 10.2 Å². The van der Waals surface area contributed by atoms with Gasteiger partial charge >= 0.3 is 0 Å². The number of anilines is 2. The molecule has 4 nitrogen and oxygen atoms in total. The number of nitrogens with one attached hydrogen (secondary N) is 1. The van der Waals surface area contributed by atoms with E-state index in [9.17, 15) is 4.79 Å². The minimum absolute atomic E-state index is 0.199. The van der Waals surface area contributed by atoms with Crippen LogP contribution in [-0.4, -0.2) is 5.91 Å². The Labute approximate surface area is 109 Å². The number of benzene rings is 2. The zero-order chi connectivity index (χ0) is 13.2. The van der Waals surface area contributed by atoms with Gasteiger partial charge in [-0.3, -0.25) is 4.79 Å². The first-order valence-corrected chi connectivity index (χ1v) is 5.88. The predicted molar refractivity (Wildman–Crippen MR) is 75.0 cm³/mol. The second-order valence-corrected chi connectivity index (χ2v) is 4.18. The Morgan fingerprint density at radius 3 is 2.58 bits per heavy atom. The average Bonchev–Trinajstić information content (AvgIpc) is 2.86. The van der Waals surface area contributed by atoms with Crippen molar-refractivity contribution in [2.75, 3.05) is 11.1 Å². The summed E-state index contributed by atoms with van der Waals surface area (Å²) in [5.74, 6) is 0.113. The number of nitrogens with two attached hydrogens (primary N) is 1. The molecule has 1 amide bonds. The number of fused-ring (bicyclic) bond motifs is 1. The van der Waals surface area contributed by atoms with Crippen molar-refractivity contribution in [2.24, 2.45) is 0 Å². The number of hydrogen-bond acceptors (Lipinski definition) is 3. The quantitative estimate of drug-likeness (QED) is 0.735. The van der Waals surface area contributed by atoms with Gasteiger partial charge in [-0.05, 0) is 17.5 Å². The van der Waals surface area contributed by atoms with Gasteiger partial charge in [-0.2, -0.15) is 0 Å². The normalized spacial score (nSPS) is 10.5. The van der Waals surface area contributed by atoms with Crippen molar-refractivity contribution in [2.45, 2.75) is 0 Å². The molecule has 1 heterocycles. The maximum atomic E-state index is 12.0. The molecule has 0 saturated heterocycles. The highest BCUT2D eigenvalue weighted by Gasteiger charge is 2.11. The third kappa shape index (κ3) is 2.15. The van der Waals surface area contributed by atoms with E-state index in [0.29, 0.717) is 0 Å². The maximum absolute atomic E-state index is 12.0. The van der Waals surface area contributed by atoms with Crippen molar-refractivity contribution in [1.29, 1.82) is 0 Å². The summed E-state index contributed by atoms with van der Waals surface area (Å²) < 4.78 is 5.10. The summed E-state index contributed by atoms with van der Waals surface area (Å²) in [6, 6.07) is 16.7. The monoisotopic (exact) mass is 252 g/mol. The van der Waals surface area contributed by atoms with E-state index in [1.165, 1.54) is 0 Å². The predicted octanol–water partition coefficient (Wildman–Crippen LogP) is 3.27. The first-order valence-electron chi connectivity index (χ1n) is 5.88. The minimum atomic E-state index is -0.312. The molecule has 0 saturated carbocycles. The molecule has 0 aliphatic heterocycles. The second-order valence-electron chi connectivity index (χ2n) is 4.18. The van der Waals surface area contributed by atoms with E-state index in [0.717, 1.165) is 16.5 Å². The van der Waals surface area contributed by atoms with Crippen LogP contribution in [0.4, 0.5) is 11.6 Å². The molecule has 4 heteroatoms. The highest BCUT2D eigenvalue weighted by Crippen LogP contribution is 2.23. The third-order valence-electron chi connectivity index (χ3n) is 2.89. The SMILES string of the molecule is Nc1ccc(C(=O)Nc2cccc3ccccc23)o1. The number of carbonyl (C=O) groups excluding carboxylic acids is 1. The second kappa shape index (κ2) is 4.49. The van der Waals surface area contributed by atoms with Crippen LogP contribution in [0.2, 0.25) is 0 Å². The van der Waals surface area contributed by atoms with E-state index in [2.05, 4.69) is 5.32 Å². The first-order chi connectivity index (χ1) is 9.24. The molecule has 0 fully saturated rings. The van der Waals surface area contributed by atoms with Crippen molar-refractivity contribution in [1.82, 2.24) is 0 Å². The number of nitrogen functional groups attached to an aromatic ring is 1. The van der Waals surface area contributed by atoms with Crippen LogP contribution in [0.1, 0.15) is 10.6 Å². The van der Waals surface area contributed by atoms with E-state index in [1.54, 1.807) is 12.1 Å². The van der Waals surface area contributed by atoms with Gasteiger partial charge in [-0.1, -0.05) is 36.4 Å². The molecule has 2 aromatic carbocycles. The average molecular weight is 252 g/mol. The van der Waals surface area contributed by atoms with Crippen molar-refractivity contribution >= 4 is 28.3 Å². The largest absolute Gasteiger partial charge is 0.436 e. The molecule has 0 spiro atoms. The molecule has 3 N–H and O–H groups in total. The van der Waals surface area contributed by atoms with Gasteiger partial charge in [0.05, 0.1) is 0 Å². The Kier molecular flexibility index (Phi) is 2.68. The van der Waals surface area contributed by atoms with Gasteiger partial charge < -0.3 is 15.5 Å². The van der Waals surface area contributed by atoms with Gasteiger partial charge in [0.2, 0.25) is 0 Å². The van der Waals surface area contributed by atoms with Gasteiger partial charge in [-0.15, -0.1) is 0 Å². The van der Waals surface area contributed by atoms with Crippen LogP contribution in [-0.2, 0) is 0 Å². The number of amides is 1. The molecule has 0 aliphatic rings. The van der Waals surface area contributed by atoms with Gasteiger partial charge in [-0.25, -0.2) is 0 Å². The fourth-order valence-electron chi connectivity index (χ4n) is 1.99. The fourth-order valence-corrected chi connectivity index (χ4v) is 1.99. The summed E-state index contributed by atoms with van der Waals surface area (Å²) in [6.07, 6.45) is 0. The van der Waals surface area contributed by atoms with Crippen molar-refractivity contribution < 1.29 is 9.21 Å². The molecule has 3 rings (SSSR count). The van der Waals surface area contributed by atoms with Gasteiger partial charge in [0, 0.05) is 17.1 Å². The third-order valence-corrected chi connectivity index (χ3v) is 2.89. The highest BCUT2D eigenvalue weighted by atomic mass is 16.4. The smallest absolute Gasteiger partial charge is 0.291 e. The minimum Gasteiger partial charge on any atom is -0.436 e.